The first-order chi connectivity index (χ1) is 12.6. The number of halogens is 1. The van der Waals surface area contributed by atoms with Crippen LogP contribution in [0.3, 0.4) is 0 Å². The number of rotatable bonds is 2. The predicted octanol–water partition coefficient (Wildman–Crippen LogP) is 2.70. The van der Waals surface area contributed by atoms with E-state index in [0.29, 0.717) is 18.5 Å². The van der Waals surface area contributed by atoms with Crippen molar-refractivity contribution in [2.24, 2.45) is 0 Å². The van der Waals surface area contributed by atoms with Crippen LogP contribution >= 0.6 is 0 Å². The van der Waals surface area contributed by atoms with Crippen LogP contribution in [-0.2, 0) is 23.2 Å². The van der Waals surface area contributed by atoms with Crippen molar-refractivity contribution in [3.63, 3.8) is 0 Å². The highest BCUT2D eigenvalue weighted by Crippen LogP contribution is 2.41. The van der Waals surface area contributed by atoms with Crippen LogP contribution < -0.4 is 5.56 Å². The third-order valence-corrected chi connectivity index (χ3v) is 5.79. The van der Waals surface area contributed by atoms with Crippen molar-refractivity contribution in [1.82, 2.24) is 14.9 Å². The summed E-state index contributed by atoms with van der Waals surface area (Å²) < 4.78 is 13.9. The number of amides is 1. The second-order valence-corrected chi connectivity index (χ2v) is 7.29. The van der Waals surface area contributed by atoms with Crippen LogP contribution in [0.15, 0.2) is 35.4 Å². The zero-order valence-electron chi connectivity index (χ0n) is 14.6. The van der Waals surface area contributed by atoms with E-state index in [-0.39, 0.29) is 23.8 Å². The Labute approximate surface area is 151 Å². The maximum Gasteiger partial charge on any atom is 0.255 e. The van der Waals surface area contributed by atoms with Gasteiger partial charge in [0.05, 0.1) is 29.5 Å². The van der Waals surface area contributed by atoms with Crippen LogP contribution in [0, 0.1) is 5.82 Å². The zero-order chi connectivity index (χ0) is 18.1. The van der Waals surface area contributed by atoms with E-state index in [4.69, 9.17) is 0 Å². The van der Waals surface area contributed by atoms with Gasteiger partial charge in [0.2, 0.25) is 5.91 Å². The van der Waals surface area contributed by atoms with Crippen molar-refractivity contribution < 1.29 is 9.18 Å². The van der Waals surface area contributed by atoms with Crippen molar-refractivity contribution in [2.75, 3.05) is 6.54 Å². The lowest BCUT2D eigenvalue weighted by molar-refractivity contribution is -0.140. The number of H-pyrrole nitrogens is 1. The Bertz CT molecular complexity index is 887. The number of hydrogen-bond acceptors (Lipinski definition) is 3. The van der Waals surface area contributed by atoms with Crippen LogP contribution in [0.1, 0.15) is 48.9 Å². The molecule has 0 spiro atoms. The predicted molar refractivity (Wildman–Crippen MR) is 95.1 cm³/mol. The number of hydrogen-bond donors (Lipinski definition) is 1. The first kappa shape index (κ1) is 16.9. The molecule has 1 amide bonds. The van der Waals surface area contributed by atoms with E-state index >= 15 is 0 Å². The summed E-state index contributed by atoms with van der Waals surface area (Å²) in [5.41, 5.74) is 1.22. The smallest absolute Gasteiger partial charge is 0.255 e. The molecule has 2 aromatic rings. The molecular weight excluding hydrogens is 333 g/mol. The minimum atomic E-state index is -0.688. The van der Waals surface area contributed by atoms with Gasteiger partial charge in [-0.05, 0) is 30.5 Å². The number of aromatic amines is 1. The van der Waals surface area contributed by atoms with Crippen LogP contribution in [0.5, 0.6) is 0 Å². The van der Waals surface area contributed by atoms with Crippen molar-refractivity contribution in [3.05, 3.63) is 63.6 Å². The van der Waals surface area contributed by atoms with E-state index in [1.165, 1.54) is 18.5 Å². The highest BCUT2D eigenvalue weighted by atomic mass is 19.1. The molecule has 0 saturated heterocycles. The molecular formula is C20H22FN3O2. The van der Waals surface area contributed by atoms with E-state index in [2.05, 4.69) is 9.97 Å². The average molecular weight is 355 g/mol. The number of aromatic nitrogens is 2. The molecule has 1 fully saturated rings. The zero-order valence-corrected chi connectivity index (χ0v) is 14.6. The maximum absolute atomic E-state index is 13.9. The van der Waals surface area contributed by atoms with E-state index in [1.54, 1.807) is 11.0 Å². The molecule has 4 rings (SSSR count). The summed E-state index contributed by atoms with van der Waals surface area (Å²) in [5, 5.41) is 0. The van der Waals surface area contributed by atoms with Gasteiger partial charge in [-0.15, -0.1) is 0 Å². The third kappa shape index (κ3) is 2.83. The third-order valence-electron chi connectivity index (χ3n) is 5.79. The minimum Gasteiger partial charge on any atom is -0.337 e. The molecule has 1 aromatic carbocycles. The molecule has 6 heteroatoms. The second kappa shape index (κ2) is 6.67. The normalized spacial score (nSPS) is 19.0. The van der Waals surface area contributed by atoms with E-state index in [0.717, 1.165) is 43.4 Å². The van der Waals surface area contributed by atoms with Gasteiger partial charge in [-0.3, -0.25) is 9.59 Å². The number of nitrogens with zero attached hydrogens (tertiary/aromatic N) is 2. The number of fused-ring (bicyclic) bond motifs is 1. The number of benzene rings is 1. The molecule has 136 valence electrons. The highest BCUT2D eigenvalue weighted by Gasteiger charge is 2.44. The van der Waals surface area contributed by atoms with Crippen LogP contribution in [0.4, 0.5) is 4.39 Å². The van der Waals surface area contributed by atoms with Crippen LogP contribution in [0.2, 0.25) is 0 Å². The molecule has 0 bridgehead atoms. The Morgan fingerprint density at radius 1 is 1.23 bits per heavy atom. The van der Waals surface area contributed by atoms with Gasteiger partial charge in [0.1, 0.15) is 5.82 Å². The Balaban J connectivity index is 1.70. The van der Waals surface area contributed by atoms with Crippen molar-refractivity contribution >= 4 is 5.91 Å². The molecule has 1 N–H and O–H groups in total. The first-order valence-corrected chi connectivity index (χ1v) is 9.21. The summed E-state index contributed by atoms with van der Waals surface area (Å²) in [6, 6.07) is 6.44. The molecule has 5 nitrogen and oxygen atoms in total. The monoisotopic (exact) mass is 355 g/mol. The number of carbonyl (C=O) groups excluding carboxylic acids is 1. The fourth-order valence-electron chi connectivity index (χ4n) is 4.40. The largest absolute Gasteiger partial charge is 0.337 e. The SMILES string of the molecule is O=C(N1CCc2nc[nH]c(=O)c2C1)C1(c2cccc(F)c2)CCCCC1. The Hall–Kier alpha value is -2.50. The van der Waals surface area contributed by atoms with Gasteiger partial charge in [-0.1, -0.05) is 31.4 Å². The summed E-state index contributed by atoms with van der Waals surface area (Å²) in [6.45, 7) is 0.813. The fraction of sp³-hybridized carbons (Fsp3) is 0.450. The topological polar surface area (TPSA) is 66.1 Å². The number of nitrogens with one attached hydrogen (secondary N) is 1. The van der Waals surface area contributed by atoms with E-state index < -0.39 is 5.41 Å². The van der Waals surface area contributed by atoms with Gasteiger partial charge in [-0.25, -0.2) is 9.37 Å². The van der Waals surface area contributed by atoms with Gasteiger partial charge in [0, 0.05) is 13.0 Å². The molecule has 26 heavy (non-hydrogen) atoms. The van der Waals surface area contributed by atoms with E-state index in [1.807, 2.05) is 6.07 Å². The number of carbonyl (C=O) groups is 1. The molecule has 1 aliphatic carbocycles. The lowest BCUT2D eigenvalue weighted by Gasteiger charge is -2.41. The van der Waals surface area contributed by atoms with Crippen molar-refractivity contribution in [2.45, 2.75) is 50.5 Å². The van der Waals surface area contributed by atoms with Gasteiger partial charge in [0.25, 0.3) is 5.56 Å². The lowest BCUT2D eigenvalue weighted by atomic mass is 9.68. The molecule has 1 saturated carbocycles. The average Bonchev–Trinajstić information content (AvgIpc) is 2.68. The second-order valence-electron chi connectivity index (χ2n) is 7.29. The Morgan fingerprint density at radius 3 is 2.81 bits per heavy atom. The fourth-order valence-corrected chi connectivity index (χ4v) is 4.40. The highest BCUT2D eigenvalue weighted by molar-refractivity contribution is 5.88. The van der Waals surface area contributed by atoms with Crippen LogP contribution in [-0.4, -0.2) is 27.3 Å². The molecule has 2 heterocycles. The maximum atomic E-state index is 13.9. The van der Waals surface area contributed by atoms with Gasteiger partial charge in [0.15, 0.2) is 0 Å². The Kier molecular flexibility index (Phi) is 4.34. The molecule has 0 radical (unpaired) electrons. The van der Waals surface area contributed by atoms with Gasteiger partial charge < -0.3 is 9.88 Å². The minimum absolute atomic E-state index is 0.0108. The van der Waals surface area contributed by atoms with Gasteiger partial charge in [-0.2, -0.15) is 0 Å². The van der Waals surface area contributed by atoms with E-state index in [9.17, 15) is 14.0 Å². The molecule has 1 aliphatic heterocycles. The Morgan fingerprint density at radius 2 is 2.04 bits per heavy atom. The summed E-state index contributed by atoms with van der Waals surface area (Å²) >= 11 is 0. The molecule has 0 unspecified atom stereocenters. The summed E-state index contributed by atoms with van der Waals surface area (Å²) in [6.07, 6.45) is 6.43. The standard InChI is InChI=1S/C20H22FN3O2/c21-15-6-4-5-14(11-15)20(8-2-1-3-9-20)19(26)24-10-7-17-16(12-24)18(25)23-13-22-17/h4-6,11,13H,1-3,7-10,12H2,(H,22,23,25). The van der Waals surface area contributed by atoms with Crippen molar-refractivity contribution in [3.8, 4) is 0 Å². The quantitative estimate of drug-likeness (QED) is 0.901. The summed E-state index contributed by atoms with van der Waals surface area (Å²) in [7, 11) is 0. The lowest BCUT2D eigenvalue weighted by Crippen LogP contribution is -2.50. The van der Waals surface area contributed by atoms with Crippen LogP contribution in [0.25, 0.3) is 0 Å². The van der Waals surface area contributed by atoms with Gasteiger partial charge >= 0.3 is 0 Å². The molecule has 1 aromatic heterocycles. The summed E-state index contributed by atoms with van der Waals surface area (Å²) in [4.78, 5) is 34.3. The molecule has 0 atom stereocenters. The molecule has 2 aliphatic rings. The van der Waals surface area contributed by atoms with Crippen molar-refractivity contribution in [1.29, 1.82) is 0 Å². The first-order valence-electron chi connectivity index (χ1n) is 9.21. The summed E-state index contributed by atoms with van der Waals surface area (Å²) in [5.74, 6) is -0.304.